The van der Waals surface area contributed by atoms with Crippen LogP contribution < -0.4 is 21.0 Å². The smallest absolute Gasteiger partial charge is 0.228 e. The van der Waals surface area contributed by atoms with Gasteiger partial charge in [-0.05, 0) is 37.1 Å². The summed E-state index contributed by atoms with van der Waals surface area (Å²) in [7, 11) is 7.89. The first-order valence-corrected chi connectivity index (χ1v) is 13.1. The van der Waals surface area contributed by atoms with E-state index in [9.17, 15) is 0 Å². The summed E-state index contributed by atoms with van der Waals surface area (Å²) in [5.41, 5.74) is 4.81. The summed E-state index contributed by atoms with van der Waals surface area (Å²) >= 11 is 7.88. The Balaban J connectivity index is 2.12. The average Bonchev–Trinajstić information content (AvgIpc) is 2.84. The van der Waals surface area contributed by atoms with Crippen molar-refractivity contribution in [3.63, 3.8) is 0 Å². The molecule has 0 amide bonds. The number of fused-ring (bicyclic) bond motifs is 2. The van der Waals surface area contributed by atoms with Crippen LogP contribution in [0.5, 0.6) is 0 Å². The number of aliphatic imine (C=N–C) groups is 1. The van der Waals surface area contributed by atoms with Crippen LogP contribution in [0.1, 0.15) is 38.4 Å². The molecule has 0 saturated heterocycles. The monoisotopic (exact) mass is 512 g/mol. The van der Waals surface area contributed by atoms with Gasteiger partial charge in [-0.3, -0.25) is 10.3 Å². The van der Waals surface area contributed by atoms with E-state index in [4.69, 9.17) is 31.6 Å². The van der Waals surface area contributed by atoms with Crippen LogP contribution in [0.2, 0.25) is 5.02 Å². The van der Waals surface area contributed by atoms with Crippen molar-refractivity contribution >= 4 is 39.8 Å². The quantitative estimate of drug-likeness (QED) is 0.478. The summed E-state index contributed by atoms with van der Waals surface area (Å²) in [4.78, 5) is 23.7. The van der Waals surface area contributed by atoms with E-state index in [0.717, 1.165) is 57.6 Å². The summed E-state index contributed by atoms with van der Waals surface area (Å²) in [6.07, 6.45) is 1.72. The third-order valence-electron chi connectivity index (χ3n) is 5.59. The van der Waals surface area contributed by atoms with Crippen molar-refractivity contribution in [2.45, 2.75) is 32.9 Å². The van der Waals surface area contributed by atoms with Crippen LogP contribution in [0.25, 0.3) is 21.7 Å². The number of hydrogen-bond acceptors (Lipinski definition) is 9. The maximum atomic E-state index is 6.27. The molecule has 1 aromatic carbocycles. The third kappa shape index (κ3) is 5.27. The van der Waals surface area contributed by atoms with Crippen LogP contribution >= 0.6 is 22.9 Å². The van der Waals surface area contributed by atoms with Crippen molar-refractivity contribution < 1.29 is 0 Å². The maximum absolute atomic E-state index is 6.27. The van der Waals surface area contributed by atoms with Crippen LogP contribution in [0.15, 0.2) is 34.3 Å². The highest BCUT2D eigenvalue weighted by molar-refractivity contribution is 7.19. The highest BCUT2D eigenvalue weighted by Crippen LogP contribution is 2.47. The van der Waals surface area contributed by atoms with E-state index in [1.54, 1.807) is 11.3 Å². The van der Waals surface area contributed by atoms with Gasteiger partial charge in [0.1, 0.15) is 16.2 Å². The molecule has 1 aromatic rings. The van der Waals surface area contributed by atoms with Crippen LogP contribution in [0.3, 0.4) is 0 Å². The topological polar surface area (TPSA) is 81.0 Å². The molecule has 0 aromatic heterocycles. The summed E-state index contributed by atoms with van der Waals surface area (Å²) in [6, 6.07) is 7.94. The molecule has 35 heavy (non-hydrogen) atoms. The lowest BCUT2D eigenvalue weighted by Crippen LogP contribution is -2.37. The van der Waals surface area contributed by atoms with Gasteiger partial charge in [-0.15, -0.1) is 0 Å². The number of rotatable bonds is 7. The number of benzene rings is 1. The van der Waals surface area contributed by atoms with E-state index in [-0.39, 0.29) is 6.17 Å². The molecule has 0 fully saturated rings. The molecule has 0 radical (unpaired) electrons. The molecule has 186 valence electrons. The van der Waals surface area contributed by atoms with E-state index in [1.807, 2.05) is 62.3 Å². The number of hydrogen-bond donors (Lipinski definition) is 2. The maximum Gasteiger partial charge on any atom is 0.228 e. The van der Waals surface area contributed by atoms with Gasteiger partial charge in [0.2, 0.25) is 11.9 Å². The molecule has 1 unspecified atom stereocenters. The molecule has 3 aliphatic rings. The second-order valence-electron chi connectivity index (χ2n) is 8.86. The zero-order chi connectivity index (χ0) is 25.1. The second kappa shape index (κ2) is 10.9. The average molecular weight is 513 g/mol. The van der Waals surface area contributed by atoms with Crippen molar-refractivity contribution in [2.75, 3.05) is 51.5 Å². The van der Waals surface area contributed by atoms with Gasteiger partial charge >= 0.3 is 0 Å². The summed E-state index contributed by atoms with van der Waals surface area (Å²) in [5, 5.41) is 9.78. The van der Waals surface area contributed by atoms with E-state index in [0.29, 0.717) is 23.0 Å². The van der Waals surface area contributed by atoms with E-state index >= 15 is 0 Å². The fourth-order valence-corrected chi connectivity index (χ4v) is 5.10. The van der Waals surface area contributed by atoms with Gasteiger partial charge < -0.3 is 15.1 Å². The highest BCUT2D eigenvalue weighted by atomic mass is 35.5. The highest BCUT2D eigenvalue weighted by Gasteiger charge is 2.32. The SMILES string of the molecule is CCCN=c1nc(N(C)C)nc2sc3c(c(-c4ccc(Cl)cc4)c1-2)C(NCCC)N=C(N(C)C)N3. The fourth-order valence-electron chi connectivity index (χ4n) is 3.89. The summed E-state index contributed by atoms with van der Waals surface area (Å²) in [5.74, 6) is 1.45. The fraction of sp³-hybridized carbons (Fsp3) is 0.440. The Morgan fingerprint density at radius 1 is 1.03 bits per heavy atom. The Hall–Kier alpha value is -2.75. The molecule has 4 rings (SSSR count). The zero-order valence-electron chi connectivity index (χ0n) is 21.2. The normalized spacial score (nSPS) is 15.6. The molecule has 0 bridgehead atoms. The van der Waals surface area contributed by atoms with Crippen molar-refractivity contribution in [1.29, 1.82) is 0 Å². The number of halogens is 1. The summed E-state index contributed by atoms with van der Waals surface area (Å²) in [6.45, 7) is 5.82. The molecular formula is C25H33ClN8S. The lowest BCUT2D eigenvalue weighted by atomic mass is 9.94. The first-order valence-electron chi connectivity index (χ1n) is 11.9. The Kier molecular flexibility index (Phi) is 7.88. The van der Waals surface area contributed by atoms with E-state index in [1.165, 1.54) is 0 Å². The minimum absolute atomic E-state index is 0.220. The predicted molar refractivity (Wildman–Crippen MR) is 148 cm³/mol. The number of nitrogens with one attached hydrogen (secondary N) is 2. The molecule has 1 atom stereocenters. The molecule has 2 N–H and O–H groups in total. The first-order chi connectivity index (χ1) is 16.8. The second-order valence-corrected chi connectivity index (χ2v) is 10.3. The minimum Gasteiger partial charge on any atom is -0.349 e. The molecule has 0 saturated carbocycles. The van der Waals surface area contributed by atoms with Crippen molar-refractivity contribution in [2.24, 2.45) is 9.98 Å². The largest absolute Gasteiger partial charge is 0.349 e. The van der Waals surface area contributed by atoms with Crippen LogP contribution in [0.4, 0.5) is 10.9 Å². The number of anilines is 2. The van der Waals surface area contributed by atoms with Gasteiger partial charge in [0.15, 0.2) is 5.49 Å². The van der Waals surface area contributed by atoms with Crippen LogP contribution in [0, 0.1) is 0 Å². The number of guanidine groups is 1. The number of nitrogens with zero attached hydrogens (tertiary/aromatic N) is 6. The molecular weight excluding hydrogens is 480 g/mol. The molecule has 3 heterocycles. The third-order valence-corrected chi connectivity index (χ3v) is 6.85. The van der Waals surface area contributed by atoms with Gasteiger partial charge in [0, 0.05) is 50.9 Å². The summed E-state index contributed by atoms with van der Waals surface area (Å²) < 4.78 is 0. The Bertz CT molecular complexity index is 1250. The molecule has 3 aliphatic heterocycles. The lowest BCUT2D eigenvalue weighted by Gasteiger charge is -2.31. The van der Waals surface area contributed by atoms with Gasteiger partial charge in [0.25, 0.3) is 0 Å². The number of aromatic nitrogens is 2. The van der Waals surface area contributed by atoms with Crippen molar-refractivity contribution in [3.8, 4) is 21.7 Å². The van der Waals surface area contributed by atoms with Gasteiger partial charge in [-0.25, -0.2) is 9.98 Å². The molecule has 0 aliphatic carbocycles. The molecule has 0 spiro atoms. The van der Waals surface area contributed by atoms with Gasteiger partial charge in [-0.1, -0.05) is 48.9 Å². The Morgan fingerprint density at radius 2 is 1.77 bits per heavy atom. The van der Waals surface area contributed by atoms with Crippen molar-refractivity contribution in [1.82, 2.24) is 20.2 Å². The predicted octanol–water partition coefficient (Wildman–Crippen LogP) is 4.68. The van der Waals surface area contributed by atoms with Gasteiger partial charge in [0.05, 0.1) is 5.56 Å². The standard InChI is InChI=1S/C25H33ClN8S/c1-7-13-27-20-18-17(15-9-11-16(26)12-10-15)19-21(28-14-8-2)30-25(34(5)6)32-23(19)35-22(18)31-24(29-20)33(3)4/h9-12,20,27H,7-8,13-14H2,1-6H3,(H,29,31). The lowest BCUT2D eigenvalue weighted by molar-refractivity contribution is 0.528. The Morgan fingerprint density at radius 3 is 2.40 bits per heavy atom. The van der Waals surface area contributed by atoms with Crippen LogP contribution in [-0.4, -0.2) is 62.1 Å². The van der Waals surface area contributed by atoms with Gasteiger partial charge in [-0.2, -0.15) is 4.98 Å². The van der Waals surface area contributed by atoms with E-state index < -0.39 is 0 Å². The van der Waals surface area contributed by atoms with Crippen molar-refractivity contribution in [3.05, 3.63) is 40.3 Å². The minimum atomic E-state index is -0.220. The zero-order valence-corrected chi connectivity index (χ0v) is 22.8. The Labute approximate surface area is 216 Å². The van der Waals surface area contributed by atoms with Crippen LogP contribution in [-0.2, 0) is 0 Å². The molecule has 8 nitrogen and oxygen atoms in total. The van der Waals surface area contributed by atoms with E-state index in [2.05, 4.69) is 24.5 Å². The molecule has 10 heteroatoms. The first kappa shape index (κ1) is 25.3.